The number of amides is 2. The molecule has 2 aromatic carbocycles. The molecule has 0 fully saturated rings. The van der Waals surface area contributed by atoms with Gasteiger partial charge in [0.1, 0.15) is 0 Å². The Balaban J connectivity index is 0.00000450. The van der Waals surface area contributed by atoms with Crippen molar-refractivity contribution in [2.75, 3.05) is 26.1 Å². The van der Waals surface area contributed by atoms with Crippen molar-refractivity contribution < 1.29 is 19.1 Å². The minimum absolute atomic E-state index is 0. The van der Waals surface area contributed by atoms with Crippen LogP contribution in [0.5, 0.6) is 11.5 Å². The van der Waals surface area contributed by atoms with Crippen molar-refractivity contribution in [1.29, 1.82) is 0 Å². The maximum Gasteiger partial charge on any atom is 0.255 e. The number of carbonyl (C=O) groups is 2. The number of hydrogen-bond acceptors (Lipinski definition) is 4. The van der Waals surface area contributed by atoms with Crippen LogP contribution in [0.25, 0.3) is 0 Å². The normalized spacial score (nSPS) is 10.6. The number of methoxy groups -OCH3 is 2. The van der Waals surface area contributed by atoms with E-state index in [1.807, 2.05) is 26.0 Å². The van der Waals surface area contributed by atoms with Crippen molar-refractivity contribution >= 4 is 17.5 Å². The third kappa shape index (κ3) is 5.53. The van der Waals surface area contributed by atoms with Gasteiger partial charge >= 0.3 is 0 Å². The molecule has 2 amide bonds. The zero-order valence-corrected chi connectivity index (χ0v) is 18.2. The molecule has 0 spiro atoms. The van der Waals surface area contributed by atoms with E-state index in [2.05, 4.69) is 24.5 Å². The Hall–Kier alpha value is -3.02. The highest BCUT2D eigenvalue weighted by molar-refractivity contribution is 6.05. The molecule has 6 nitrogen and oxygen atoms in total. The van der Waals surface area contributed by atoms with Crippen LogP contribution in [-0.4, -0.2) is 32.6 Å². The Morgan fingerprint density at radius 1 is 1.00 bits per heavy atom. The average Bonchev–Trinajstić information content (AvgIpc) is 2.67. The Kier molecular flexibility index (Phi) is 8.46. The van der Waals surface area contributed by atoms with Crippen molar-refractivity contribution in [2.45, 2.75) is 47.5 Å². The van der Waals surface area contributed by atoms with Gasteiger partial charge in [-0.05, 0) is 54.8 Å². The summed E-state index contributed by atoms with van der Waals surface area (Å²) in [5.41, 5.74) is 4.12. The fourth-order valence-corrected chi connectivity index (χ4v) is 3.63. The molecule has 6 heteroatoms. The fraction of sp³-hybridized carbons (Fsp3) is 0.417. The molecule has 30 heavy (non-hydrogen) atoms. The fourth-order valence-electron chi connectivity index (χ4n) is 3.63. The first kappa shape index (κ1) is 25.0. The van der Waals surface area contributed by atoms with E-state index in [1.165, 1.54) is 14.0 Å². The van der Waals surface area contributed by atoms with Gasteiger partial charge in [0, 0.05) is 30.1 Å². The summed E-state index contributed by atoms with van der Waals surface area (Å²) in [6, 6.07) is 8.95. The number of aryl methyl sites for hydroxylation is 1. The van der Waals surface area contributed by atoms with Crippen LogP contribution in [0.15, 0.2) is 30.3 Å². The van der Waals surface area contributed by atoms with Crippen molar-refractivity contribution in [2.24, 2.45) is 0 Å². The second kappa shape index (κ2) is 10.1. The van der Waals surface area contributed by atoms with E-state index >= 15 is 0 Å². The summed E-state index contributed by atoms with van der Waals surface area (Å²) in [6.45, 7) is 10.2. The van der Waals surface area contributed by atoms with Crippen molar-refractivity contribution in [3.63, 3.8) is 0 Å². The molecule has 0 aromatic heterocycles. The molecule has 2 rings (SSSR count). The quantitative estimate of drug-likeness (QED) is 0.693. The lowest BCUT2D eigenvalue weighted by atomic mass is 9.78. The molecule has 0 unspecified atom stereocenters. The lowest BCUT2D eigenvalue weighted by Crippen LogP contribution is -2.36. The smallest absolute Gasteiger partial charge is 0.255 e. The highest BCUT2D eigenvalue weighted by Crippen LogP contribution is 2.34. The molecule has 0 heterocycles. The van der Waals surface area contributed by atoms with Gasteiger partial charge in [-0.1, -0.05) is 27.3 Å². The van der Waals surface area contributed by atoms with Gasteiger partial charge in [-0.25, -0.2) is 0 Å². The molecule has 0 atom stereocenters. The van der Waals surface area contributed by atoms with Gasteiger partial charge in [0.2, 0.25) is 5.91 Å². The minimum Gasteiger partial charge on any atom is -0.493 e. The monoisotopic (exact) mass is 414 g/mol. The summed E-state index contributed by atoms with van der Waals surface area (Å²) in [4.78, 5) is 24.2. The van der Waals surface area contributed by atoms with Crippen LogP contribution < -0.4 is 20.1 Å². The Morgan fingerprint density at radius 2 is 1.63 bits per heavy atom. The molecule has 0 radical (unpaired) electrons. The molecule has 0 saturated carbocycles. The summed E-state index contributed by atoms with van der Waals surface area (Å²) in [6.07, 6.45) is 0. The summed E-state index contributed by atoms with van der Waals surface area (Å²) >= 11 is 0. The van der Waals surface area contributed by atoms with Crippen molar-refractivity contribution in [3.05, 3.63) is 52.6 Å². The van der Waals surface area contributed by atoms with Crippen molar-refractivity contribution in [1.82, 2.24) is 5.32 Å². The maximum absolute atomic E-state index is 12.8. The molecule has 0 saturated heterocycles. The second-order valence-electron chi connectivity index (χ2n) is 7.75. The van der Waals surface area contributed by atoms with Crippen LogP contribution in [0, 0.1) is 13.8 Å². The minimum atomic E-state index is -0.288. The molecule has 164 valence electrons. The predicted molar refractivity (Wildman–Crippen MR) is 122 cm³/mol. The van der Waals surface area contributed by atoms with E-state index in [1.54, 1.807) is 25.3 Å². The lowest BCUT2D eigenvalue weighted by molar-refractivity contribution is -0.119. The molecule has 0 aliphatic heterocycles. The molecule has 0 bridgehead atoms. The van der Waals surface area contributed by atoms with Gasteiger partial charge in [-0.15, -0.1) is 0 Å². The summed E-state index contributed by atoms with van der Waals surface area (Å²) in [5.74, 6) is 0.769. The second-order valence-corrected chi connectivity index (χ2v) is 7.75. The van der Waals surface area contributed by atoms with E-state index in [-0.39, 0.29) is 24.7 Å². The number of hydrogen-bond donors (Lipinski definition) is 2. The standard InChI is InChI=1S/C23H30N2O4.CH4/c1-14-8-10-18(15(2)21(14)23(4,5)13-24-16(3)26)25-22(27)17-9-11-19(28-6)20(12-17)29-7;/h8-12H,13H2,1-7H3,(H,24,26)(H,25,27);1H4. The first-order chi connectivity index (χ1) is 13.6. The van der Waals surface area contributed by atoms with E-state index < -0.39 is 0 Å². The highest BCUT2D eigenvalue weighted by atomic mass is 16.5. The zero-order valence-electron chi connectivity index (χ0n) is 18.2. The van der Waals surface area contributed by atoms with Crippen LogP contribution in [0.3, 0.4) is 0 Å². The van der Waals surface area contributed by atoms with Crippen LogP contribution in [0.4, 0.5) is 5.69 Å². The van der Waals surface area contributed by atoms with E-state index in [0.717, 1.165) is 22.4 Å². The Morgan fingerprint density at radius 3 is 2.20 bits per heavy atom. The molecular formula is C24H34N2O4. The van der Waals surface area contributed by atoms with E-state index in [0.29, 0.717) is 23.6 Å². The Bertz CT molecular complexity index is 920. The van der Waals surface area contributed by atoms with Gasteiger partial charge in [0.15, 0.2) is 11.5 Å². The number of rotatable bonds is 7. The average molecular weight is 415 g/mol. The van der Waals surface area contributed by atoms with Gasteiger partial charge < -0.3 is 20.1 Å². The molecule has 0 aliphatic carbocycles. The largest absolute Gasteiger partial charge is 0.493 e. The molecule has 0 aliphatic rings. The summed E-state index contributed by atoms with van der Waals surface area (Å²) in [7, 11) is 3.09. The number of nitrogens with one attached hydrogen (secondary N) is 2. The topological polar surface area (TPSA) is 76.7 Å². The van der Waals surface area contributed by atoms with Gasteiger partial charge in [0.25, 0.3) is 5.91 Å². The molecule has 2 aromatic rings. The Labute approximate surface area is 180 Å². The van der Waals surface area contributed by atoms with Gasteiger partial charge in [-0.3, -0.25) is 9.59 Å². The third-order valence-corrected chi connectivity index (χ3v) is 5.02. The lowest BCUT2D eigenvalue weighted by Gasteiger charge is -2.30. The van der Waals surface area contributed by atoms with E-state index in [9.17, 15) is 9.59 Å². The van der Waals surface area contributed by atoms with Crippen molar-refractivity contribution in [3.8, 4) is 11.5 Å². The molecule has 2 N–H and O–H groups in total. The van der Waals surface area contributed by atoms with E-state index in [4.69, 9.17) is 9.47 Å². The van der Waals surface area contributed by atoms with Crippen LogP contribution in [0.1, 0.15) is 55.2 Å². The van der Waals surface area contributed by atoms with Crippen LogP contribution in [-0.2, 0) is 10.2 Å². The number of anilines is 1. The first-order valence-electron chi connectivity index (χ1n) is 9.49. The summed E-state index contributed by atoms with van der Waals surface area (Å²) < 4.78 is 10.5. The number of ether oxygens (including phenoxy) is 2. The SMILES string of the molecule is C.COc1ccc(C(=O)Nc2ccc(C)c(C(C)(C)CNC(C)=O)c2C)cc1OC. The maximum atomic E-state index is 12.8. The highest BCUT2D eigenvalue weighted by Gasteiger charge is 2.26. The number of benzene rings is 2. The predicted octanol–water partition coefficient (Wildman–Crippen LogP) is 4.62. The third-order valence-electron chi connectivity index (χ3n) is 5.02. The van der Waals surface area contributed by atoms with Gasteiger partial charge in [-0.2, -0.15) is 0 Å². The number of carbonyl (C=O) groups excluding carboxylic acids is 2. The van der Waals surface area contributed by atoms with Crippen LogP contribution in [0.2, 0.25) is 0 Å². The van der Waals surface area contributed by atoms with Crippen LogP contribution >= 0.6 is 0 Å². The van der Waals surface area contributed by atoms with Gasteiger partial charge in [0.05, 0.1) is 14.2 Å². The molecular weight excluding hydrogens is 380 g/mol. The zero-order chi connectivity index (χ0) is 21.8. The summed E-state index contributed by atoms with van der Waals surface area (Å²) in [5, 5.41) is 5.89. The first-order valence-corrected chi connectivity index (χ1v) is 9.49.